The summed E-state index contributed by atoms with van der Waals surface area (Å²) < 4.78 is 6.92. The van der Waals surface area contributed by atoms with E-state index in [9.17, 15) is 4.79 Å². The zero-order valence-corrected chi connectivity index (χ0v) is 18.3. The number of methoxy groups -OCH3 is 1. The molecule has 98 valence electrons. The first-order chi connectivity index (χ1) is 8.43. The number of halogens is 1. The van der Waals surface area contributed by atoms with Gasteiger partial charge in [-0.1, -0.05) is 0 Å². The van der Waals surface area contributed by atoms with Crippen molar-refractivity contribution in [1.29, 1.82) is 0 Å². The fourth-order valence-corrected chi connectivity index (χ4v) is 8.81. The summed E-state index contributed by atoms with van der Waals surface area (Å²) in [6.45, 7) is 8.04. The summed E-state index contributed by atoms with van der Waals surface area (Å²) in [5.74, 6) is 0.156. The standard InChI is InChI=1S/C14H21O2.ClH.Hg/c1-6-7-8-9-12-13(15)10(2)11(3)14(12,4)16-5;;/h6-8H2,1-5H3;1H;/q;;+1/p-1. The summed E-state index contributed by atoms with van der Waals surface area (Å²) in [6, 6.07) is 0. The number of hydrogen-bond donors (Lipinski definition) is 0. The van der Waals surface area contributed by atoms with Gasteiger partial charge in [0.15, 0.2) is 0 Å². The van der Waals surface area contributed by atoms with Crippen LogP contribution in [0.15, 0.2) is 19.8 Å². The van der Waals surface area contributed by atoms with Crippen LogP contribution in [0.1, 0.15) is 47.0 Å². The van der Waals surface area contributed by atoms with Crippen LogP contribution in [0.2, 0.25) is 0 Å². The Labute approximate surface area is 126 Å². The number of ether oxygens (including phenoxy) is 1. The fourth-order valence-electron chi connectivity index (χ4n) is 2.52. The summed E-state index contributed by atoms with van der Waals surface area (Å²) >= 11 is -1.61. The zero-order valence-electron chi connectivity index (χ0n) is 12.0. The Morgan fingerprint density at radius 1 is 1.44 bits per heavy atom. The van der Waals surface area contributed by atoms with Crippen LogP contribution in [-0.4, -0.2) is 18.5 Å². The predicted molar refractivity (Wildman–Crippen MR) is 71.2 cm³/mol. The zero-order chi connectivity index (χ0) is 13.9. The quantitative estimate of drug-likeness (QED) is 0.461. The van der Waals surface area contributed by atoms with E-state index in [1.54, 1.807) is 7.11 Å². The van der Waals surface area contributed by atoms with E-state index >= 15 is 0 Å². The van der Waals surface area contributed by atoms with Crippen LogP contribution in [0.5, 0.6) is 0 Å². The molecule has 0 aromatic rings. The van der Waals surface area contributed by atoms with Gasteiger partial charge in [-0.3, -0.25) is 0 Å². The Hall–Kier alpha value is 0.335. The van der Waals surface area contributed by atoms with Crippen LogP contribution < -0.4 is 0 Å². The third kappa shape index (κ3) is 2.76. The summed E-state index contributed by atoms with van der Waals surface area (Å²) in [7, 11) is 7.94. The molecule has 2 nitrogen and oxygen atoms in total. The van der Waals surface area contributed by atoms with Gasteiger partial charge in [0, 0.05) is 0 Å². The summed E-state index contributed by atoms with van der Waals surface area (Å²) in [4.78, 5) is 12.4. The Morgan fingerprint density at radius 3 is 2.50 bits per heavy atom. The number of ketones is 1. The number of carbonyl (C=O) groups excluding carboxylic acids is 1. The van der Waals surface area contributed by atoms with Gasteiger partial charge in [0.25, 0.3) is 0 Å². The van der Waals surface area contributed by atoms with Gasteiger partial charge in [-0.05, 0) is 0 Å². The topological polar surface area (TPSA) is 26.3 Å². The van der Waals surface area contributed by atoms with Crippen LogP contribution in [0.3, 0.4) is 0 Å². The van der Waals surface area contributed by atoms with Crippen molar-refractivity contribution >= 4 is 14.0 Å². The van der Waals surface area contributed by atoms with Crippen LogP contribution in [0, 0.1) is 0 Å². The first kappa shape index (κ1) is 16.4. The van der Waals surface area contributed by atoms with Gasteiger partial charge in [0.2, 0.25) is 0 Å². The molecule has 0 radical (unpaired) electrons. The van der Waals surface area contributed by atoms with E-state index in [4.69, 9.17) is 13.0 Å². The molecular formula is C14H21ClHgO2. The molecule has 0 aromatic carbocycles. The molecule has 1 aliphatic carbocycles. The molecule has 0 fully saturated rings. The first-order valence-electron chi connectivity index (χ1n) is 6.50. The van der Waals surface area contributed by atoms with E-state index in [1.807, 2.05) is 20.8 Å². The monoisotopic (exact) mass is 458 g/mol. The average molecular weight is 457 g/mol. The fraction of sp³-hybridized carbons (Fsp3) is 0.643. The van der Waals surface area contributed by atoms with Gasteiger partial charge in [-0.15, -0.1) is 0 Å². The first-order valence-corrected chi connectivity index (χ1v) is 16.0. The van der Waals surface area contributed by atoms with Crippen molar-refractivity contribution < 1.29 is 32.9 Å². The second-order valence-corrected chi connectivity index (χ2v) is 11.7. The average Bonchev–Trinajstić information content (AvgIpc) is 2.55. The van der Waals surface area contributed by atoms with Gasteiger partial charge < -0.3 is 0 Å². The molecule has 0 aromatic heterocycles. The number of Topliss-reactive ketones (excluding diaryl/α,β-unsaturated/α-hetero) is 1. The minimum atomic E-state index is -1.61. The molecule has 0 saturated carbocycles. The van der Waals surface area contributed by atoms with Gasteiger partial charge in [-0.2, -0.15) is 0 Å². The van der Waals surface area contributed by atoms with Crippen molar-refractivity contribution in [3.8, 4) is 0 Å². The summed E-state index contributed by atoms with van der Waals surface area (Å²) in [6.07, 6.45) is 3.21. The molecule has 1 unspecified atom stereocenters. The van der Waals surface area contributed by atoms with Crippen LogP contribution >= 0.6 is 8.25 Å². The third-order valence-electron chi connectivity index (χ3n) is 4.08. The molecule has 0 aliphatic heterocycles. The molecule has 18 heavy (non-hydrogen) atoms. The number of unbranched alkanes of at least 4 members (excludes halogenated alkanes) is 1. The molecule has 0 saturated heterocycles. The number of hydrogen-bond acceptors (Lipinski definition) is 2. The van der Waals surface area contributed by atoms with Crippen molar-refractivity contribution in [2.75, 3.05) is 7.11 Å². The van der Waals surface area contributed by atoms with Crippen LogP contribution in [0.4, 0.5) is 0 Å². The molecule has 1 rings (SSSR count). The maximum atomic E-state index is 12.4. The molecule has 0 spiro atoms. The number of allylic oxidation sites excluding steroid dienone is 2. The molecular weight excluding hydrogens is 436 g/mol. The summed E-state index contributed by atoms with van der Waals surface area (Å²) in [5, 5.41) is 0. The second-order valence-electron chi connectivity index (χ2n) is 5.03. The minimum absolute atomic E-state index is 0.156. The van der Waals surface area contributed by atoms with Crippen molar-refractivity contribution in [1.82, 2.24) is 0 Å². The Balaban J connectivity index is 3.29. The van der Waals surface area contributed by atoms with Crippen molar-refractivity contribution in [2.24, 2.45) is 0 Å². The molecule has 4 heteroatoms. The molecule has 0 heterocycles. The van der Waals surface area contributed by atoms with Crippen molar-refractivity contribution in [2.45, 2.75) is 52.6 Å². The van der Waals surface area contributed by atoms with Crippen molar-refractivity contribution in [3.05, 3.63) is 19.8 Å². The van der Waals surface area contributed by atoms with E-state index in [2.05, 4.69) is 6.92 Å². The molecule has 0 bridgehead atoms. The third-order valence-corrected chi connectivity index (χ3v) is 10.9. The van der Waals surface area contributed by atoms with Gasteiger partial charge in [0.1, 0.15) is 0 Å². The van der Waals surface area contributed by atoms with E-state index in [1.165, 1.54) is 3.08 Å². The van der Waals surface area contributed by atoms with Gasteiger partial charge in [0.05, 0.1) is 0 Å². The molecule has 0 N–H and O–H groups in total. The Bertz CT molecular complexity index is 412. The molecule has 1 aliphatic rings. The number of rotatable bonds is 5. The van der Waals surface area contributed by atoms with Crippen molar-refractivity contribution in [3.63, 3.8) is 0 Å². The van der Waals surface area contributed by atoms with E-state index < -0.39 is 28.9 Å². The normalized spacial score (nSPS) is 26.7. The maximum absolute atomic E-state index is 12.4. The van der Waals surface area contributed by atoms with E-state index in [-0.39, 0.29) is 5.78 Å². The van der Waals surface area contributed by atoms with Crippen LogP contribution in [0.25, 0.3) is 0 Å². The summed E-state index contributed by atoms with van der Waals surface area (Å²) in [5.41, 5.74) is 2.20. The predicted octanol–water partition coefficient (Wildman–Crippen LogP) is 3.99. The number of carbonyl (C=O) groups is 1. The van der Waals surface area contributed by atoms with Crippen LogP contribution in [-0.2, 0) is 32.9 Å². The Morgan fingerprint density at radius 2 is 2.06 bits per heavy atom. The molecule has 0 amide bonds. The second kappa shape index (κ2) is 6.67. The van der Waals surface area contributed by atoms with E-state index in [0.717, 1.165) is 36.0 Å². The SMILES string of the molecule is CCCC/[C]([Hg][Cl])=C1/C(=O)C(C)=C(C)C1(C)OC. The van der Waals surface area contributed by atoms with E-state index in [0.29, 0.717) is 0 Å². The Kier molecular flexibility index (Phi) is 6.07. The van der Waals surface area contributed by atoms with Gasteiger partial charge in [-0.25, -0.2) is 0 Å². The van der Waals surface area contributed by atoms with Gasteiger partial charge >= 0.3 is 126 Å². The molecule has 1 atom stereocenters.